The Morgan fingerprint density at radius 3 is 2.92 bits per heavy atom. The number of nitrogens with one attached hydrogen (secondary N) is 1. The van der Waals surface area contributed by atoms with Gasteiger partial charge in [-0.25, -0.2) is 4.98 Å². The van der Waals surface area contributed by atoms with E-state index >= 15 is 0 Å². The molecule has 1 fully saturated rings. The molecule has 6 heteroatoms. The van der Waals surface area contributed by atoms with Crippen LogP contribution < -0.4 is 5.32 Å². The number of hydrogen-bond acceptors (Lipinski definition) is 5. The quantitative estimate of drug-likeness (QED) is 0.903. The minimum Gasteiger partial charge on any atom is -0.441 e. The van der Waals surface area contributed by atoms with Gasteiger partial charge in [-0.15, -0.1) is 0 Å². The number of ether oxygens (including phenoxy) is 1. The number of benzene rings is 1. The molecule has 0 spiro atoms. The van der Waals surface area contributed by atoms with Crippen LogP contribution in [0.5, 0.6) is 0 Å². The zero-order valence-electron chi connectivity index (χ0n) is 14.1. The molecule has 128 valence electrons. The molecule has 6 nitrogen and oxygen atoms in total. The second-order valence-electron chi connectivity index (χ2n) is 6.12. The summed E-state index contributed by atoms with van der Waals surface area (Å²) in [6.45, 7) is 4.83. The molecular weight excluding hydrogens is 306 g/mol. The number of carbonyl (C=O) groups is 1. The minimum absolute atomic E-state index is 0.0472. The molecule has 1 amide bonds. The van der Waals surface area contributed by atoms with Crippen LogP contribution in [-0.4, -0.2) is 55.2 Å². The first-order valence-electron chi connectivity index (χ1n) is 8.20. The number of hydrogen-bond donors (Lipinski definition) is 1. The maximum atomic E-state index is 12.2. The molecule has 2 heterocycles. The van der Waals surface area contributed by atoms with E-state index in [1.807, 2.05) is 37.3 Å². The molecule has 0 aliphatic carbocycles. The highest BCUT2D eigenvalue weighted by Gasteiger charge is 2.19. The van der Waals surface area contributed by atoms with Gasteiger partial charge in [0, 0.05) is 25.2 Å². The summed E-state index contributed by atoms with van der Waals surface area (Å²) in [4.78, 5) is 18.8. The monoisotopic (exact) mass is 329 g/mol. The Morgan fingerprint density at radius 2 is 2.17 bits per heavy atom. The molecule has 1 atom stereocenters. The highest BCUT2D eigenvalue weighted by molar-refractivity contribution is 5.78. The van der Waals surface area contributed by atoms with Crippen molar-refractivity contribution in [1.82, 2.24) is 15.2 Å². The summed E-state index contributed by atoms with van der Waals surface area (Å²) in [6.07, 6.45) is 0.260. The number of aryl methyl sites for hydroxylation is 1. The molecule has 0 unspecified atom stereocenters. The standard InChI is InChI=1S/C18H23N3O3/c1-13-16(20-18(24-13)14-6-4-3-5-7-14)10-17(22)19-11-15-12-21(2)8-9-23-15/h3-7,15H,8-12H2,1-2H3,(H,19,22)/t15-/m1/s1. The normalized spacial score (nSPS) is 18.5. The van der Waals surface area contributed by atoms with Crippen LogP contribution in [0.1, 0.15) is 11.5 Å². The van der Waals surface area contributed by atoms with Crippen LogP contribution in [0.25, 0.3) is 11.5 Å². The molecular formula is C18H23N3O3. The lowest BCUT2D eigenvalue weighted by Gasteiger charge is -2.30. The average Bonchev–Trinajstić information content (AvgIpc) is 2.95. The molecule has 0 bridgehead atoms. The molecule has 0 saturated carbocycles. The minimum atomic E-state index is -0.0668. The highest BCUT2D eigenvalue weighted by Crippen LogP contribution is 2.21. The van der Waals surface area contributed by atoms with Gasteiger partial charge in [0.15, 0.2) is 0 Å². The molecule has 1 aromatic carbocycles. The number of rotatable bonds is 5. The Labute approximate surface area is 141 Å². The topological polar surface area (TPSA) is 67.6 Å². The zero-order valence-corrected chi connectivity index (χ0v) is 14.1. The van der Waals surface area contributed by atoms with Gasteiger partial charge in [0.05, 0.1) is 24.8 Å². The Kier molecular flexibility index (Phi) is 5.27. The Morgan fingerprint density at radius 1 is 1.38 bits per heavy atom. The van der Waals surface area contributed by atoms with E-state index in [4.69, 9.17) is 9.15 Å². The number of morpholine rings is 1. The fourth-order valence-corrected chi connectivity index (χ4v) is 2.73. The summed E-state index contributed by atoms with van der Waals surface area (Å²) >= 11 is 0. The number of carbonyl (C=O) groups excluding carboxylic acids is 1. The van der Waals surface area contributed by atoms with E-state index in [1.54, 1.807) is 0 Å². The van der Waals surface area contributed by atoms with Crippen LogP contribution >= 0.6 is 0 Å². The van der Waals surface area contributed by atoms with Crippen LogP contribution in [0.4, 0.5) is 0 Å². The first-order valence-corrected chi connectivity index (χ1v) is 8.20. The van der Waals surface area contributed by atoms with Crippen LogP contribution in [0.2, 0.25) is 0 Å². The van der Waals surface area contributed by atoms with Gasteiger partial charge in [0.2, 0.25) is 11.8 Å². The van der Waals surface area contributed by atoms with E-state index in [1.165, 1.54) is 0 Å². The van der Waals surface area contributed by atoms with Gasteiger partial charge < -0.3 is 19.4 Å². The van der Waals surface area contributed by atoms with E-state index in [-0.39, 0.29) is 18.4 Å². The average molecular weight is 329 g/mol. The van der Waals surface area contributed by atoms with Gasteiger partial charge in [-0.1, -0.05) is 18.2 Å². The van der Waals surface area contributed by atoms with Crippen molar-refractivity contribution in [3.8, 4) is 11.5 Å². The highest BCUT2D eigenvalue weighted by atomic mass is 16.5. The lowest BCUT2D eigenvalue weighted by molar-refractivity contribution is -0.121. The van der Waals surface area contributed by atoms with Crippen molar-refractivity contribution in [2.24, 2.45) is 0 Å². The van der Waals surface area contributed by atoms with Gasteiger partial charge in [0.25, 0.3) is 0 Å². The maximum Gasteiger partial charge on any atom is 0.226 e. The van der Waals surface area contributed by atoms with Crippen molar-refractivity contribution in [2.75, 3.05) is 33.3 Å². The maximum absolute atomic E-state index is 12.2. The Bertz CT molecular complexity index is 684. The van der Waals surface area contributed by atoms with Crippen LogP contribution in [0, 0.1) is 6.92 Å². The Hall–Kier alpha value is -2.18. The summed E-state index contributed by atoms with van der Waals surface area (Å²) in [5.41, 5.74) is 1.58. The van der Waals surface area contributed by atoms with Crippen molar-refractivity contribution in [1.29, 1.82) is 0 Å². The molecule has 1 N–H and O–H groups in total. The summed E-state index contributed by atoms with van der Waals surface area (Å²) in [5.74, 6) is 1.16. The van der Waals surface area contributed by atoms with Crippen LogP contribution in [0.3, 0.4) is 0 Å². The molecule has 2 aromatic rings. The fourth-order valence-electron chi connectivity index (χ4n) is 2.73. The largest absolute Gasteiger partial charge is 0.441 e. The summed E-state index contributed by atoms with van der Waals surface area (Å²) in [6, 6.07) is 9.68. The number of aromatic nitrogens is 1. The smallest absolute Gasteiger partial charge is 0.226 e. The van der Waals surface area contributed by atoms with E-state index < -0.39 is 0 Å². The molecule has 1 saturated heterocycles. The first kappa shape index (κ1) is 16.7. The van der Waals surface area contributed by atoms with Gasteiger partial charge in [0.1, 0.15) is 5.76 Å². The molecule has 24 heavy (non-hydrogen) atoms. The van der Waals surface area contributed by atoms with Gasteiger partial charge in [-0.05, 0) is 26.1 Å². The molecule has 1 aliphatic heterocycles. The molecule has 3 rings (SSSR count). The summed E-state index contributed by atoms with van der Waals surface area (Å²) < 4.78 is 11.3. The number of amides is 1. The third-order valence-corrected chi connectivity index (χ3v) is 4.11. The zero-order chi connectivity index (χ0) is 16.9. The predicted octanol–water partition coefficient (Wildman–Crippen LogP) is 1.64. The summed E-state index contributed by atoms with van der Waals surface area (Å²) in [7, 11) is 2.06. The molecule has 1 aromatic heterocycles. The van der Waals surface area contributed by atoms with Crippen molar-refractivity contribution in [2.45, 2.75) is 19.4 Å². The first-order chi connectivity index (χ1) is 11.6. The van der Waals surface area contributed by atoms with Crippen molar-refractivity contribution in [3.05, 3.63) is 41.8 Å². The molecule has 0 radical (unpaired) electrons. The Balaban J connectivity index is 1.56. The van der Waals surface area contributed by atoms with Crippen LogP contribution in [0.15, 0.2) is 34.7 Å². The predicted molar refractivity (Wildman–Crippen MR) is 90.6 cm³/mol. The second kappa shape index (κ2) is 7.59. The van der Waals surface area contributed by atoms with E-state index in [9.17, 15) is 4.79 Å². The van der Waals surface area contributed by atoms with Gasteiger partial charge >= 0.3 is 0 Å². The lowest BCUT2D eigenvalue weighted by atomic mass is 10.2. The number of oxazole rings is 1. The molecule has 1 aliphatic rings. The van der Waals surface area contributed by atoms with Gasteiger partial charge in [-0.2, -0.15) is 0 Å². The fraction of sp³-hybridized carbons (Fsp3) is 0.444. The van der Waals surface area contributed by atoms with Crippen LogP contribution in [-0.2, 0) is 16.0 Å². The third-order valence-electron chi connectivity index (χ3n) is 4.11. The van der Waals surface area contributed by atoms with E-state index in [2.05, 4.69) is 22.2 Å². The van der Waals surface area contributed by atoms with Crippen molar-refractivity contribution in [3.63, 3.8) is 0 Å². The van der Waals surface area contributed by atoms with Crippen molar-refractivity contribution < 1.29 is 13.9 Å². The van der Waals surface area contributed by atoms with Gasteiger partial charge in [-0.3, -0.25) is 4.79 Å². The van der Waals surface area contributed by atoms with E-state index in [0.717, 1.165) is 18.7 Å². The van der Waals surface area contributed by atoms with Crippen molar-refractivity contribution >= 4 is 5.91 Å². The SMILES string of the molecule is Cc1oc(-c2ccccc2)nc1CC(=O)NC[C@@H]1CN(C)CCO1. The second-order valence-corrected chi connectivity index (χ2v) is 6.12. The van der Waals surface area contributed by atoms with E-state index in [0.29, 0.717) is 30.5 Å². The number of likely N-dealkylation sites (N-methyl/N-ethyl adjacent to an activating group) is 1. The lowest BCUT2D eigenvalue weighted by Crippen LogP contribution is -2.46. The summed E-state index contributed by atoms with van der Waals surface area (Å²) in [5, 5.41) is 2.93. The third kappa shape index (κ3) is 4.21. The number of nitrogens with zero attached hydrogens (tertiary/aromatic N) is 2.